The van der Waals surface area contributed by atoms with E-state index in [4.69, 9.17) is 10.8 Å². The molecule has 0 radical (unpaired) electrons. The fraction of sp³-hybridized carbons (Fsp3) is 0.778. The van der Waals surface area contributed by atoms with Gasteiger partial charge in [0.25, 0.3) is 0 Å². The third-order valence-electron chi connectivity index (χ3n) is 1.99. The molecular formula is C9H18N2O3S. The van der Waals surface area contributed by atoms with Gasteiger partial charge in [-0.05, 0) is 24.9 Å². The average molecular weight is 234 g/mol. The second kappa shape index (κ2) is 7.53. The van der Waals surface area contributed by atoms with E-state index in [1.54, 1.807) is 18.7 Å². The highest BCUT2D eigenvalue weighted by Crippen LogP contribution is 2.00. The molecule has 0 aliphatic carbocycles. The molecule has 1 amide bonds. The van der Waals surface area contributed by atoms with Gasteiger partial charge in [-0.25, -0.2) is 4.79 Å². The summed E-state index contributed by atoms with van der Waals surface area (Å²) < 4.78 is 0. The largest absolute Gasteiger partial charge is 0.480 e. The molecule has 0 aliphatic rings. The molecule has 88 valence electrons. The van der Waals surface area contributed by atoms with Crippen LogP contribution in [0.4, 0.5) is 0 Å². The van der Waals surface area contributed by atoms with E-state index in [0.29, 0.717) is 12.8 Å². The van der Waals surface area contributed by atoms with Crippen LogP contribution in [0.15, 0.2) is 0 Å². The summed E-state index contributed by atoms with van der Waals surface area (Å²) in [6, 6.07) is -1.45. The molecule has 0 aliphatic heterocycles. The molecule has 0 unspecified atom stereocenters. The predicted octanol–water partition coefficient (Wildman–Crippen LogP) is 0.0462. The Morgan fingerprint density at radius 3 is 2.53 bits per heavy atom. The van der Waals surface area contributed by atoms with Gasteiger partial charge in [-0.2, -0.15) is 11.8 Å². The Kier molecular flexibility index (Phi) is 7.15. The third-order valence-corrected chi connectivity index (χ3v) is 2.64. The van der Waals surface area contributed by atoms with Crippen LogP contribution >= 0.6 is 11.8 Å². The van der Waals surface area contributed by atoms with Crippen molar-refractivity contribution in [2.24, 2.45) is 5.73 Å². The van der Waals surface area contributed by atoms with Gasteiger partial charge in [-0.1, -0.05) is 6.92 Å². The van der Waals surface area contributed by atoms with Crippen molar-refractivity contribution in [1.29, 1.82) is 0 Å². The summed E-state index contributed by atoms with van der Waals surface area (Å²) in [5, 5.41) is 11.1. The standard InChI is InChI=1S/C9H18N2O3S/c1-3-7(9(13)14)11-8(12)6(10)4-5-15-2/h6-7H,3-5,10H2,1-2H3,(H,11,12)(H,13,14)/t6-,7-/m1/s1. The van der Waals surface area contributed by atoms with Crippen LogP contribution in [0.3, 0.4) is 0 Å². The first kappa shape index (κ1) is 14.2. The first-order chi connectivity index (χ1) is 7.02. The first-order valence-corrected chi connectivity index (χ1v) is 6.20. The van der Waals surface area contributed by atoms with Crippen LogP contribution in [-0.4, -0.2) is 41.1 Å². The van der Waals surface area contributed by atoms with Crippen molar-refractivity contribution in [2.75, 3.05) is 12.0 Å². The summed E-state index contributed by atoms with van der Waals surface area (Å²) in [5.41, 5.74) is 5.59. The maximum Gasteiger partial charge on any atom is 0.326 e. The minimum atomic E-state index is -1.03. The van der Waals surface area contributed by atoms with Gasteiger partial charge in [0.05, 0.1) is 6.04 Å². The quantitative estimate of drug-likeness (QED) is 0.578. The number of hydrogen-bond acceptors (Lipinski definition) is 4. The van der Waals surface area contributed by atoms with Crippen molar-refractivity contribution < 1.29 is 14.7 Å². The molecule has 0 rings (SSSR count). The minimum Gasteiger partial charge on any atom is -0.480 e. The molecule has 0 aromatic rings. The van der Waals surface area contributed by atoms with Gasteiger partial charge in [-0.15, -0.1) is 0 Å². The Bertz CT molecular complexity index is 223. The van der Waals surface area contributed by atoms with Gasteiger partial charge < -0.3 is 16.2 Å². The average Bonchev–Trinajstić information content (AvgIpc) is 2.21. The lowest BCUT2D eigenvalue weighted by Crippen LogP contribution is -2.48. The van der Waals surface area contributed by atoms with Crippen molar-refractivity contribution in [1.82, 2.24) is 5.32 Å². The summed E-state index contributed by atoms with van der Waals surface area (Å²) in [6.45, 7) is 1.70. The maximum absolute atomic E-state index is 11.4. The third kappa shape index (κ3) is 5.64. The molecule has 0 fully saturated rings. The van der Waals surface area contributed by atoms with Gasteiger partial charge in [-0.3, -0.25) is 4.79 Å². The number of carboxylic acid groups (broad SMARTS) is 1. The smallest absolute Gasteiger partial charge is 0.326 e. The van der Waals surface area contributed by atoms with E-state index in [0.717, 1.165) is 5.75 Å². The highest BCUT2D eigenvalue weighted by molar-refractivity contribution is 7.98. The van der Waals surface area contributed by atoms with E-state index in [1.807, 2.05) is 6.26 Å². The number of nitrogens with two attached hydrogens (primary N) is 1. The topological polar surface area (TPSA) is 92.4 Å². The summed E-state index contributed by atoms with van der Waals surface area (Å²) in [5.74, 6) is -0.625. The number of nitrogens with one attached hydrogen (secondary N) is 1. The maximum atomic E-state index is 11.4. The lowest BCUT2D eigenvalue weighted by atomic mass is 10.2. The number of carbonyl (C=O) groups is 2. The predicted molar refractivity (Wildman–Crippen MR) is 60.8 cm³/mol. The first-order valence-electron chi connectivity index (χ1n) is 4.80. The zero-order valence-corrected chi connectivity index (χ0v) is 9.84. The molecule has 0 aromatic carbocycles. The minimum absolute atomic E-state index is 0.357. The molecular weight excluding hydrogens is 216 g/mol. The van der Waals surface area contributed by atoms with Crippen molar-refractivity contribution >= 4 is 23.6 Å². The number of rotatable bonds is 7. The Hall–Kier alpha value is -0.750. The van der Waals surface area contributed by atoms with Crippen LogP contribution in [-0.2, 0) is 9.59 Å². The van der Waals surface area contributed by atoms with Gasteiger partial charge in [0.2, 0.25) is 5.91 Å². The molecule has 6 heteroatoms. The second-order valence-electron chi connectivity index (χ2n) is 3.20. The summed E-state index contributed by atoms with van der Waals surface area (Å²) in [7, 11) is 0. The Morgan fingerprint density at radius 1 is 1.53 bits per heavy atom. The Labute approximate surface area is 93.8 Å². The lowest BCUT2D eigenvalue weighted by Gasteiger charge is -2.16. The van der Waals surface area contributed by atoms with Crippen LogP contribution in [0.1, 0.15) is 19.8 Å². The van der Waals surface area contributed by atoms with Crippen LogP contribution in [0.2, 0.25) is 0 Å². The number of carbonyl (C=O) groups excluding carboxylic acids is 1. The van der Waals surface area contributed by atoms with E-state index in [9.17, 15) is 9.59 Å². The van der Waals surface area contributed by atoms with E-state index in [1.165, 1.54) is 0 Å². The van der Waals surface area contributed by atoms with E-state index >= 15 is 0 Å². The fourth-order valence-corrected chi connectivity index (χ4v) is 1.48. The van der Waals surface area contributed by atoms with Gasteiger partial charge in [0.1, 0.15) is 6.04 Å². The summed E-state index contributed by atoms with van der Waals surface area (Å²) >= 11 is 1.60. The second-order valence-corrected chi connectivity index (χ2v) is 4.18. The number of aliphatic carboxylic acids is 1. The SMILES string of the molecule is CC[C@@H](NC(=O)[C@H](N)CCSC)C(=O)O. The zero-order chi connectivity index (χ0) is 11.8. The highest BCUT2D eigenvalue weighted by Gasteiger charge is 2.21. The van der Waals surface area contributed by atoms with Gasteiger partial charge in [0.15, 0.2) is 0 Å². The van der Waals surface area contributed by atoms with E-state index in [2.05, 4.69) is 5.32 Å². The lowest BCUT2D eigenvalue weighted by molar-refractivity contribution is -0.142. The van der Waals surface area contributed by atoms with Crippen LogP contribution in [0.25, 0.3) is 0 Å². The number of amides is 1. The normalized spacial score (nSPS) is 14.3. The molecule has 15 heavy (non-hydrogen) atoms. The number of carboxylic acids is 1. The molecule has 2 atom stereocenters. The van der Waals surface area contributed by atoms with Crippen molar-refractivity contribution in [3.63, 3.8) is 0 Å². The molecule has 0 aromatic heterocycles. The molecule has 0 bridgehead atoms. The Balaban J connectivity index is 4.04. The highest BCUT2D eigenvalue weighted by atomic mass is 32.2. The number of thioether (sulfide) groups is 1. The summed E-state index contributed by atoms with van der Waals surface area (Å²) in [4.78, 5) is 22.1. The summed E-state index contributed by atoms with van der Waals surface area (Å²) in [6.07, 6.45) is 2.84. The van der Waals surface area contributed by atoms with Crippen molar-refractivity contribution in [2.45, 2.75) is 31.8 Å². The van der Waals surface area contributed by atoms with Crippen molar-refractivity contribution in [3.8, 4) is 0 Å². The molecule has 0 saturated heterocycles. The van der Waals surface area contributed by atoms with E-state index in [-0.39, 0.29) is 0 Å². The molecule has 0 spiro atoms. The fourth-order valence-electron chi connectivity index (χ4n) is 0.993. The van der Waals surface area contributed by atoms with Gasteiger partial charge >= 0.3 is 5.97 Å². The van der Waals surface area contributed by atoms with Crippen molar-refractivity contribution in [3.05, 3.63) is 0 Å². The molecule has 0 heterocycles. The van der Waals surface area contributed by atoms with Crippen LogP contribution < -0.4 is 11.1 Å². The number of hydrogen-bond donors (Lipinski definition) is 3. The Morgan fingerprint density at radius 2 is 2.13 bits per heavy atom. The molecule has 0 saturated carbocycles. The zero-order valence-electron chi connectivity index (χ0n) is 9.03. The van der Waals surface area contributed by atoms with Gasteiger partial charge in [0, 0.05) is 0 Å². The van der Waals surface area contributed by atoms with E-state index < -0.39 is 24.0 Å². The van der Waals surface area contributed by atoms with Crippen LogP contribution in [0.5, 0.6) is 0 Å². The van der Waals surface area contributed by atoms with Crippen LogP contribution in [0, 0.1) is 0 Å². The molecule has 5 nitrogen and oxygen atoms in total. The molecule has 4 N–H and O–H groups in total. The monoisotopic (exact) mass is 234 g/mol.